The number of hydrogen-bond acceptors (Lipinski definition) is 6. The van der Waals surface area contributed by atoms with Crippen LogP contribution in [0.2, 0.25) is 0 Å². The van der Waals surface area contributed by atoms with E-state index in [9.17, 15) is 4.79 Å². The van der Waals surface area contributed by atoms with Crippen molar-refractivity contribution < 1.29 is 23.7 Å². The van der Waals surface area contributed by atoms with E-state index in [2.05, 4.69) is 18.2 Å². The van der Waals surface area contributed by atoms with E-state index in [0.717, 1.165) is 53.8 Å². The van der Waals surface area contributed by atoms with Gasteiger partial charge in [-0.3, -0.25) is 9.78 Å². The number of oxazole rings is 1. The summed E-state index contributed by atoms with van der Waals surface area (Å²) in [5.41, 5.74) is 3.38. The smallest absolute Gasteiger partial charge is 0.352 e. The van der Waals surface area contributed by atoms with Crippen LogP contribution >= 0.6 is 0 Å². The average Bonchev–Trinajstić information content (AvgIpc) is 3.51. The number of nitrogens with zero attached hydrogens (tertiary/aromatic N) is 1. The molecule has 2 fully saturated rings. The molecule has 0 N–H and O–H groups in total. The molecule has 7 heteroatoms. The van der Waals surface area contributed by atoms with Gasteiger partial charge < -0.3 is 9.15 Å². The fourth-order valence-corrected chi connectivity index (χ4v) is 5.39. The zero-order valence-electron chi connectivity index (χ0n) is 21.1. The van der Waals surface area contributed by atoms with E-state index in [-0.39, 0.29) is 41.6 Å². The van der Waals surface area contributed by atoms with Crippen LogP contribution in [0.15, 0.2) is 89.3 Å². The van der Waals surface area contributed by atoms with Crippen molar-refractivity contribution in [3.63, 3.8) is 0 Å². The van der Waals surface area contributed by atoms with Gasteiger partial charge in [-0.1, -0.05) is 79.2 Å². The number of aromatic nitrogens is 1. The van der Waals surface area contributed by atoms with Crippen molar-refractivity contribution in [1.82, 2.24) is 4.98 Å². The zero-order chi connectivity index (χ0) is 24.5. The summed E-state index contributed by atoms with van der Waals surface area (Å²) >= 11 is 0. The molecule has 0 spiro atoms. The van der Waals surface area contributed by atoms with E-state index in [4.69, 9.17) is 23.9 Å². The van der Waals surface area contributed by atoms with E-state index in [0.29, 0.717) is 11.6 Å². The number of epoxide rings is 1. The van der Waals surface area contributed by atoms with Crippen molar-refractivity contribution in [1.29, 1.82) is 0 Å². The Hall–Kier alpha value is -2.90. The maximum absolute atomic E-state index is 11.1. The third-order valence-corrected chi connectivity index (χ3v) is 7.06. The van der Waals surface area contributed by atoms with Crippen molar-refractivity contribution >= 4 is 35.5 Å². The van der Waals surface area contributed by atoms with Gasteiger partial charge in [0.1, 0.15) is 5.69 Å². The van der Waals surface area contributed by atoms with Gasteiger partial charge in [-0.2, -0.15) is 0 Å². The molecule has 4 aromatic rings. The van der Waals surface area contributed by atoms with Gasteiger partial charge in [0.15, 0.2) is 17.1 Å². The summed E-state index contributed by atoms with van der Waals surface area (Å²) in [4.78, 5) is 26.1. The molecule has 3 atom stereocenters. The fourth-order valence-electron chi connectivity index (χ4n) is 5.39. The van der Waals surface area contributed by atoms with Gasteiger partial charge in [-0.05, 0) is 37.0 Å². The molecule has 1 aromatic heterocycles. The standard InChI is InChI=1S/C30H27NO5.Na/c1-20(32)35-36-25-16-8-10-21(19-25)18-24-15-9-17-26-30(24,34-26)29-31-27(22-11-4-2-5-12-22)28(33-29)23-13-6-3-7-14-23;/h2-8,10-14,16,19,24,26H,9,15,17-18H2,1H3;/t24-,26+,30-;/m0./s1. The maximum atomic E-state index is 11.1. The molecule has 1 aliphatic carbocycles. The van der Waals surface area contributed by atoms with Gasteiger partial charge in [0.05, 0.1) is 6.10 Å². The van der Waals surface area contributed by atoms with Gasteiger partial charge >= 0.3 is 5.97 Å². The Morgan fingerprint density at radius 3 is 2.43 bits per heavy atom. The molecule has 37 heavy (non-hydrogen) atoms. The molecule has 0 unspecified atom stereocenters. The molecule has 0 bridgehead atoms. The first-order chi connectivity index (χ1) is 17.6. The second kappa shape index (κ2) is 10.8. The van der Waals surface area contributed by atoms with Gasteiger partial charge in [-0.15, -0.1) is 0 Å². The van der Waals surface area contributed by atoms with Crippen LogP contribution in [0.3, 0.4) is 0 Å². The van der Waals surface area contributed by atoms with E-state index < -0.39 is 11.6 Å². The Kier molecular flexibility index (Phi) is 7.54. The summed E-state index contributed by atoms with van der Waals surface area (Å²) in [5, 5.41) is 0. The van der Waals surface area contributed by atoms with Gasteiger partial charge in [-0.25, -0.2) is 9.78 Å². The molecule has 2 aliphatic rings. The Morgan fingerprint density at radius 2 is 1.70 bits per heavy atom. The number of hydrogen-bond donors (Lipinski definition) is 0. The number of carbonyl (C=O) groups excluding carboxylic acids is 1. The minimum Gasteiger partial charge on any atom is -0.437 e. The monoisotopic (exact) mass is 504 g/mol. The van der Waals surface area contributed by atoms with E-state index in [1.165, 1.54) is 6.92 Å². The van der Waals surface area contributed by atoms with Gasteiger partial charge in [0.2, 0.25) is 5.89 Å². The Bertz CT molecular complexity index is 1320. The Balaban J connectivity index is 0.00000280. The van der Waals surface area contributed by atoms with Crippen LogP contribution in [0.5, 0.6) is 5.75 Å². The molecule has 1 radical (unpaired) electrons. The van der Waals surface area contributed by atoms with Crippen molar-refractivity contribution in [2.45, 2.75) is 44.3 Å². The number of fused-ring (bicyclic) bond motifs is 1. The maximum Gasteiger partial charge on any atom is 0.352 e. The van der Waals surface area contributed by atoms with Crippen molar-refractivity contribution in [2.24, 2.45) is 5.92 Å². The quantitative estimate of drug-likeness (QED) is 0.131. The number of carbonyl (C=O) groups is 1. The predicted molar refractivity (Wildman–Crippen MR) is 140 cm³/mol. The average molecular weight is 505 g/mol. The summed E-state index contributed by atoms with van der Waals surface area (Å²) in [6.45, 7) is 1.31. The molecule has 0 amide bonds. The van der Waals surface area contributed by atoms with Crippen LogP contribution in [0.1, 0.15) is 37.6 Å². The van der Waals surface area contributed by atoms with Crippen molar-refractivity contribution in [3.8, 4) is 28.3 Å². The second-order valence-electron chi connectivity index (χ2n) is 9.47. The third-order valence-electron chi connectivity index (χ3n) is 7.06. The van der Waals surface area contributed by atoms with Crippen LogP contribution in [0, 0.1) is 5.92 Å². The molecular weight excluding hydrogens is 477 g/mol. The SMILES string of the molecule is CC(=O)OOc1cccc(C[C@@H]2CCC[C@H]3O[C@@]23c2nc(-c3ccccc3)c(-c3ccccc3)o2)c1.[Na]. The van der Waals surface area contributed by atoms with Crippen LogP contribution in [-0.4, -0.2) is 46.6 Å². The first kappa shape index (κ1) is 25.7. The molecule has 6 rings (SSSR count). The van der Waals surface area contributed by atoms with E-state index >= 15 is 0 Å². The second-order valence-corrected chi connectivity index (χ2v) is 9.47. The van der Waals surface area contributed by atoms with Crippen LogP contribution in [-0.2, 0) is 26.4 Å². The summed E-state index contributed by atoms with van der Waals surface area (Å²) in [7, 11) is 0. The molecule has 183 valence electrons. The molecule has 2 heterocycles. The summed E-state index contributed by atoms with van der Waals surface area (Å²) in [6.07, 6.45) is 3.98. The van der Waals surface area contributed by atoms with E-state index in [1.807, 2.05) is 60.7 Å². The number of rotatable bonds is 7. The summed E-state index contributed by atoms with van der Waals surface area (Å²) in [5.74, 6) is 1.62. The third kappa shape index (κ3) is 5.12. The minimum atomic E-state index is -0.540. The Morgan fingerprint density at radius 1 is 0.973 bits per heavy atom. The molecule has 1 aliphatic heterocycles. The molecule has 3 aromatic carbocycles. The summed E-state index contributed by atoms with van der Waals surface area (Å²) in [6, 6.07) is 27.9. The van der Waals surface area contributed by atoms with E-state index in [1.54, 1.807) is 6.07 Å². The molecule has 1 saturated carbocycles. The number of ether oxygens (including phenoxy) is 1. The molecule has 1 saturated heterocycles. The fraction of sp³-hybridized carbons (Fsp3) is 0.267. The molecule has 6 nitrogen and oxygen atoms in total. The van der Waals surface area contributed by atoms with Gasteiger partial charge in [0, 0.05) is 53.5 Å². The molecular formula is C30H27NNaO5. The Labute approximate surface area is 238 Å². The first-order valence-electron chi connectivity index (χ1n) is 12.4. The normalized spacial score (nSPS) is 21.9. The number of benzene rings is 3. The zero-order valence-corrected chi connectivity index (χ0v) is 23.1. The largest absolute Gasteiger partial charge is 0.437 e. The van der Waals surface area contributed by atoms with Crippen molar-refractivity contribution in [3.05, 3.63) is 96.4 Å². The summed E-state index contributed by atoms with van der Waals surface area (Å²) < 4.78 is 13.0. The first-order valence-corrected chi connectivity index (χ1v) is 12.4. The van der Waals surface area contributed by atoms with Crippen molar-refractivity contribution in [2.75, 3.05) is 0 Å². The van der Waals surface area contributed by atoms with Crippen LogP contribution < -0.4 is 4.89 Å². The van der Waals surface area contributed by atoms with Crippen LogP contribution in [0.25, 0.3) is 22.6 Å². The topological polar surface area (TPSA) is 74.1 Å². The van der Waals surface area contributed by atoms with Crippen LogP contribution in [0.4, 0.5) is 0 Å². The minimum absolute atomic E-state index is 0. The predicted octanol–water partition coefficient (Wildman–Crippen LogP) is 6.12. The van der Waals surface area contributed by atoms with Gasteiger partial charge in [0.25, 0.3) is 0 Å².